The van der Waals surface area contributed by atoms with Gasteiger partial charge >= 0.3 is 5.97 Å². The number of carboxylic acids is 2. The minimum absolute atomic E-state index is 0. The third-order valence-corrected chi connectivity index (χ3v) is 0.175. The summed E-state index contributed by atoms with van der Waals surface area (Å²) in [5, 5.41) is 23.1. The van der Waals surface area contributed by atoms with Crippen LogP contribution in [0.4, 0.5) is 0 Å². The first-order valence-corrected chi connectivity index (χ1v) is 3.47. The predicted octanol–water partition coefficient (Wildman–Crippen LogP) is 0.732. The second kappa shape index (κ2) is 18.2. The van der Waals surface area contributed by atoms with Crippen molar-refractivity contribution in [2.75, 3.05) is 0 Å². The molecule has 0 fully saturated rings. The van der Waals surface area contributed by atoms with Crippen molar-refractivity contribution < 1.29 is 46.6 Å². The van der Waals surface area contributed by atoms with Gasteiger partial charge in [-0.25, -0.2) is 4.79 Å². The van der Waals surface area contributed by atoms with Crippen LogP contribution in [0.2, 0.25) is 0 Å². The number of hydrogen-bond acceptors (Lipinski definition) is 3. The standard InChI is InChI=1S/C3H4O2.C3H8O.C2H4O2.Ti/c1-2-3(4)5;1-3(2)4;1-2(3)4;/h2H,1H2,(H,4,5);3-4H,1-2H3;1H3,(H,3,4);. The zero-order chi connectivity index (χ0) is 11.4. The van der Waals surface area contributed by atoms with Crippen LogP contribution in [0.3, 0.4) is 0 Å². The topological polar surface area (TPSA) is 94.8 Å². The maximum absolute atomic E-state index is 9.25. The van der Waals surface area contributed by atoms with E-state index in [1.807, 2.05) is 0 Å². The Kier molecular flexibility index (Phi) is 30.3. The Hall–Kier alpha value is -0.646. The molecule has 0 saturated carbocycles. The fraction of sp³-hybridized carbons (Fsp3) is 0.500. The van der Waals surface area contributed by atoms with Crippen LogP contribution in [0.25, 0.3) is 0 Å². The second-order valence-electron chi connectivity index (χ2n) is 2.16. The fourth-order valence-electron chi connectivity index (χ4n) is 0. The van der Waals surface area contributed by atoms with Crippen LogP contribution in [0.15, 0.2) is 12.7 Å². The summed E-state index contributed by atoms with van der Waals surface area (Å²) in [6.45, 7) is 7.49. The maximum Gasteiger partial charge on any atom is 0.327 e. The SMILES string of the molecule is C=CC(=O)O.CC(=O)O.CC(C)O.[Ti]. The fourth-order valence-corrected chi connectivity index (χ4v) is 0. The Bertz CT molecular complexity index is 149. The van der Waals surface area contributed by atoms with E-state index in [2.05, 4.69) is 6.58 Å². The molecule has 6 heteroatoms. The van der Waals surface area contributed by atoms with Crippen molar-refractivity contribution in [2.24, 2.45) is 0 Å². The number of aliphatic hydroxyl groups is 1. The molecule has 0 aromatic carbocycles. The average Bonchev–Trinajstić information content (AvgIpc) is 1.84. The van der Waals surface area contributed by atoms with Gasteiger partial charge in [-0.1, -0.05) is 6.58 Å². The van der Waals surface area contributed by atoms with Gasteiger partial charge in [0.15, 0.2) is 0 Å². The molecule has 0 spiro atoms. The van der Waals surface area contributed by atoms with Crippen LogP contribution in [0, 0.1) is 0 Å². The molecule has 0 aliphatic heterocycles. The zero-order valence-corrected chi connectivity index (χ0v) is 10.1. The van der Waals surface area contributed by atoms with Gasteiger partial charge in [-0.3, -0.25) is 4.79 Å². The Balaban J connectivity index is -0.0000000522. The molecule has 0 atom stereocenters. The molecule has 0 aromatic heterocycles. The van der Waals surface area contributed by atoms with Gasteiger partial charge in [-0.05, 0) is 13.8 Å². The molecule has 0 rings (SSSR count). The van der Waals surface area contributed by atoms with E-state index in [1.54, 1.807) is 13.8 Å². The van der Waals surface area contributed by atoms with E-state index in [0.29, 0.717) is 0 Å². The van der Waals surface area contributed by atoms with Crippen molar-refractivity contribution in [1.82, 2.24) is 0 Å². The molecule has 5 nitrogen and oxygen atoms in total. The van der Waals surface area contributed by atoms with Crippen LogP contribution in [0.1, 0.15) is 20.8 Å². The van der Waals surface area contributed by atoms with Gasteiger partial charge < -0.3 is 15.3 Å². The molecule has 0 saturated heterocycles. The van der Waals surface area contributed by atoms with E-state index in [1.165, 1.54) is 0 Å². The van der Waals surface area contributed by atoms with E-state index in [-0.39, 0.29) is 27.8 Å². The largest absolute Gasteiger partial charge is 0.481 e. The minimum atomic E-state index is -0.981. The molecule has 82 valence electrons. The van der Waals surface area contributed by atoms with Gasteiger partial charge in [0, 0.05) is 40.8 Å². The van der Waals surface area contributed by atoms with Crippen LogP contribution < -0.4 is 0 Å². The molecular weight excluding hydrogens is 224 g/mol. The van der Waals surface area contributed by atoms with E-state index >= 15 is 0 Å². The number of hydrogen-bond donors (Lipinski definition) is 3. The molecule has 0 heterocycles. The van der Waals surface area contributed by atoms with Gasteiger partial charge in [0.2, 0.25) is 0 Å². The van der Waals surface area contributed by atoms with E-state index < -0.39 is 11.9 Å². The monoisotopic (exact) mass is 240 g/mol. The van der Waals surface area contributed by atoms with Gasteiger partial charge in [0.05, 0.1) is 0 Å². The molecule has 0 amide bonds. The summed E-state index contributed by atoms with van der Waals surface area (Å²) in [5.41, 5.74) is 0. The summed E-state index contributed by atoms with van der Waals surface area (Å²) in [6, 6.07) is 0. The summed E-state index contributed by atoms with van der Waals surface area (Å²) < 4.78 is 0. The quantitative estimate of drug-likeness (QED) is 0.464. The molecule has 0 aromatic rings. The van der Waals surface area contributed by atoms with Gasteiger partial charge in [0.25, 0.3) is 5.97 Å². The molecule has 0 aliphatic rings. The number of carbonyl (C=O) groups is 2. The van der Waals surface area contributed by atoms with Gasteiger partial charge in [-0.2, -0.15) is 0 Å². The third-order valence-electron chi connectivity index (χ3n) is 0.175. The van der Waals surface area contributed by atoms with Crippen LogP contribution >= 0.6 is 0 Å². The normalized spacial score (nSPS) is 6.64. The molecule has 14 heavy (non-hydrogen) atoms. The first-order chi connectivity index (χ1) is 5.73. The summed E-state index contributed by atoms with van der Waals surface area (Å²) in [4.78, 5) is 18.2. The first kappa shape index (κ1) is 23.3. The minimum Gasteiger partial charge on any atom is -0.481 e. The average molecular weight is 240 g/mol. The van der Waals surface area contributed by atoms with Crippen LogP contribution in [-0.4, -0.2) is 33.4 Å². The number of aliphatic carboxylic acids is 2. The molecule has 3 N–H and O–H groups in total. The Morgan fingerprint density at radius 2 is 1.36 bits per heavy atom. The van der Waals surface area contributed by atoms with Crippen molar-refractivity contribution in [2.45, 2.75) is 26.9 Å². The van der Waals surface area contributed by atoms with Crippen molar-refractivity contribution in [1.29, 1.82) is 0 Å². The Morgan fingerprint density at radius 3 is 1.36 bits per heavy atom. The van der Waals surface area contributed by atoms with Crippen molar-refractivity contribution in [3.63, 3.8) is 0 Å². The zero-order valence-electron chi connectivity index (χ0n) is 8.52. The summed E-state index contributed by atoms with van der Waals surface area (Å²) in [5.74, 6) is -1.81. The van der Waals surface area contributed by atoms with Gasteiger partial charge in [0.1, 0.15) is 0 Å². The van der Waals surface area contributed by atoms with Crippen LogP contribution in [0.5, 0.6) is 0 Å². The van der Waals surface area contributed by atoms with E-state index in [9.17, 15) is 4.79 Å². The molecular formula is C8H16O5Ti. The Labute approximate surface area is 98.3 Å². The predicted molar refractivity (Wildman–Crippen MR) is 48.5 cm³/mol. The molecule has 0 aliphatic carbocycles. The molecule has 0 radical (unpaired) electrons. The van der Waals surface area contributed by atoms with Crippen molar-refractivity contribution >= 4 is 11.9 Å². The number of aliphatic hydroxyl groups excluding tert-OH is 1. The second-order valence-corrected chi connectivity index (χ2v) is 2.16. The van der Waals surface area contributed by atoms with Crippen molar-refractivity contribution in [3.05, 3.63) is 12.7 Å². The summed E-state index contributed by atoms with van der Waals surface area (Å²) in [6.07, 6.45) is 0.667. The number of rotatable bonds is 1. The van der Waals surface area contributed by atoms with Gasteiger partial charge in [-0.15, -0.1) is 0 Å². The van der Waals surface area contributed by atoms with E-state index in [4.69, 9.17) is 20.1 Å². The Morgan fingerprint density at radius 1 is 1.29 bits per heavy atom. The van der Waals surface area contributed by atoms with Crippen molar-refractivity contribution in [3.8, 4) is 0 Å². The smallest absolute Gasteiger partial charge is 0.327 e. The maximum atomic E-state index is 9.25. The summed E-state index contributed by atoms with van der Waals surface area (Å²) >= 11 is 0. The van der Waals surface area contributed by atoms with E-state index in [0.717, 1.165) is 13.0 Å². The molecule has 0 bridgehead atoms. The first-order valence-electron chi connectivity index (χ1n) is 3.47. The summed E-state index contributed by atoms with van der Waals surface area (Å²) in [7, 11) is 0. The number of carboxylic acid groups (broad SMARTS) is 2. The van der Waals surface area contributed by atoms with Crippen LogP contribution in [-0.2, 0) is 31.3 Å². The molecule has 0 unspecified atom stereocenters. The third kappa shape index (κ3) is 664.